The molecule has 474 valence electrons. The van der Waals surface area contributed by atoms with Crippen LogP contribution in [0, 0.1) is 11.7 Å². The molecule has 4 saturated heterocycles. The Kier molecular flexibility index (Phi) is 16.1. The summed E-state index contributed by atoms with van der Waals surface area (Å²) in [5.74, 6) is -4.77. The number of piperidine rings is 3. The summed E-state index contributed by atoms with van der Waals surface area (Å²) in [5.41, 5.74) is 3.93. The third kappa shape index (κ3) is 11.2. The number of nitrogens with zero attached hydrogens (tertiary/aromatic N) is 9. The van der Waals surface area contributed by atoms with Gasteiger partial charge in [-0.05, 0) is 72.5 Å². The highest BCUT2D eigenvalue weighted by Crippen LogP contribution is 2.45. The van der Waals surface area contributed by atoms with Crippen molar-refractivity contribution in [2.45, 2.75) is 81.5 Å². The molecule has 0 saturated carbocycles. The highest BCUT2D eigenvalue weighted by molar-refractivity contribution is 7.22. The summed E-state index contributed by atoms with van der Waals surface area (Å²) < 4.78 is 32.0. The second-order valence-corrected chi connectivity index (χ2v) is 26.0. The molecule has 92 heavy (non-hydrogen) atoms. The predicted octanol–water partition coefficient (Wildman–Crippen LogP) is 6.72. The number of para-hydroxylation sites is 2. The molecule has 1 unspecified atom stereocenters. The quantitative estimate of drug-likeness (QED) is 0.0824. The number of hydrogen-bond donors (Lipinski definition) is 4. The van der Waals surface area contributed by atoms with E-state index in [1.54, 1.807) is 56.0 Å². The monoisotopic (exact) mass is 1290 g/mol. The first-order valence-corrected chi connectivity index (χ1v) is 32.3. The van der Waals surface area contributed by atoms with E-state index >= 15 is 14.0 Å². The van der Waals surface area contributed by atoms with Gasteiger partial charge in [0.15, 0.2) is 5.60 Å². The van der Waals surface area contributed by atoms with Gasteiger partial charge in [-0.3, -0.25) is 38.2 Å². The lowest BCUT2D eigenvalue weighted by Crippen LogP contribution is -2.66. The van der Waals surface area contributed by atoms with Crippen LogP contribution < -0.4 is 25.3 Å². The largest absolute Gasteiger partial charge is 0.480 e. The van der Waals surface area contributed by atoms with Gasteiger partial charge in [-0.2, -0.15) is 5.10 Å². The number of aromatic nitrogens is 5. The van der Waals surface area contributed by atoms with Crippen molar-refractivity contribution >= 4 is 108 Å². The number of carbonyl (C=O) groups excluding carboxylic acids is 7. The average Bonchev–Trinajstić information content (AvgIpc) is 1.53. The van der Waals surface area contributed by atoms with Crippen LogP contribution in [0.25, 0.3) is 53.7 Å². The number of nitrogens with one attached hydrogen (secondary N) is 3. The van der Waals surface area contributed by atoms with Gasteiger partial charge in [-0.1, -0.05) is 64.9 Å². The third-order valence-electron chi connectivity index (χ3n) is 19.2. The number of carbonyl (C=O) groups is 8. The molecule has 26 heteroatoms. The Morgan fingerprint density at radius 3 is 2.35 bits per heavy atom. The first-order valence-electron chi connectivity index (χ1n) is 31.1. The molecule has 7 aliphatic heterocycles. The van der Waals surface area contributed by atoms with Crippen LogP contribution in [0.3, 0.4) is 0 Å². The van der Waals surface area contributed by atoms with E-state index < -0.39 is 60.2 Å². The minimum Gasteiger partial charge on any atom is -0.480 e. The van der Waals surface area contributed by atoms with Crippen LogP contribution in [-0.2, 0) is 49.6 Å². The van der Waals surface area contributed by atoms with Crippen molar-refractivity contribution in [3.05, 3.63) is 125 Å². The number of amides is 7. The topological polar surface area (TPSA) is 270 Å². The van der Waals surface area contributed by atoms with Crippen LogP contribution in [0.4, 0.5) is 10.1 Å². The van der Waals surface area contributed by atoms with Crippen LogP contribution in [-0.4, -0.2) is 176 Å². The van der Waals surface area contributed by atoms with E-state index in [9.17, 15) is 28.8 Å². The van der Waals surface area contributed by atoms with Gasteiger partial charge >= 0.3 is 11.9 Å². The Balaban J connectivity index is 0.665. The van der Waals surface area contributed by atoms with Crippen molar-refractivity contribution in [1.29, 1.82) is 0 Å². The molecule has 0 radical (unpaired) electrons. The number of carboxylic acids is 1. The molecule has 7 aliphatic rings. The molecule has 7 amide bonds. The second kappa shape index (κ2) is 24.5. The van der Waals surface area contributed by atoms with Crippen LogP contribution in [0.1, 0.15) is 74.5 Å². The molecular weight excluding hydrogens is 1220 g/mol. The van der Waals surface area contributed by atoms with Gasteiger partial charge in [-0.25, -0.2) is 14.2 Å². The van der Waals surface area contributed by atoms with Gasteiger partial charge in [0.25, 0.3) is 5.91 Å². The lowest BCUT2D eigenvalue weighted by molar-refractivity contribution is -0.159. The summed E-state index contributed by atoms with van der Waals surface area (Å²) in [6, 6.07) is 28.8. The molecule has 3 aromatic heterocycles. The van der Waals surface area contributed by atoms with E-state index in [1.165, 1.54) is 22.1 Å². The van der Waals surface area contributed by atoms with Crippen LogP contribution in [0.5, 0.6) is 5.75 Å². The summed E-state index contributed by atoms with van der Waals surface area (Å²) in [6.07, 6.45) is 2.89. The number of likely N-dealkylation sites (tertiary alicyclic amines) is 2. The van der Waals surface area contributed by atoms with Gasteiger partial charge in [0, 0.05) is 105 Å². The van der Waals surface area contributed by atoms with Crippen molar-refractivity contribution in [3.8, 4) is 27.4 Å². The lowest BCUT2D eigenvalue weighted by Gasteiger charge is -2.45. The standard InChI is InChI=1S/C66H64ClFN12O11S/c67-47-10-6-12-50-61(47)92-62(73-50)44-8-2-4-14-53(44)91-66(19-23-75(24-20-66)64(88)46-32-54(81)72-49-11-3-1-7-42(46)49)65(89)76-21-15-39(16-22-76)63(87)77-25-28-90-41(36-77)30-57(84)80-26-17-38(18-27-80)60-59-43(45-31-52-40(29-48(45)68)33-71-79(52)80)9-5-13-51(59)78(74-60)37-56(83)69-34-55(82)70-35-58(85)86/h1-14,29,31,33,38-39,41,46H,15-28,30,32,34-37H2,(H3-,69,70,72,81,82,83,85,86)/p+1/t38?,41?,46-,80?/m0/s1. The van der Waals surface area contributed by atoms with Gasteiger partial charge in [0.05, 0.1) is 69.8 Å². The first-order chi connectivity index (χ1) is 44.5. The molecule has 2 atom stereocenters. The summed E-state index contributed by atoms with van der Waals surface area (Å²) in [4.78, 5) is 121. The maximum Gasteiger partial charge on any atom is 0.342 e. The minimum atomic E-state index is -1.41. The molecule has 0 aliphatic carbocycles. The number of halogens is 2. The summed E-state index contributed by atoms with van der Waals surface area (Å²) in [5, 5.41) is 28.7. The zero-order chi connectivity index (χ0) is 63.6. The van der Waals surface area contributed by atoms with E-state index in [1.807, 2.05) is 60.7 Å². The number of rotatable bonds is 14. The number of fused-ring (bicyclic) bond motifs is 4. The summed E-state index contributed by atoms with van der Waals surface area (Å²) >= 11 is 8.04. The zero-order valence-electron chi connectivity index (χ0n) is 50.0. The molecule has 8 aromatic rings. The van der Waals surface area contributed by atoms with Gasteiger partial charge in [0.1, 0.15) is 48.3 Å². The van der Waals surface area contributed by atoms with Crippen molar-refractivity contribution in [2.75, 3.05) is 77.4 Å². The van der Waals surface area contributed by atoms with Crippen molar-refractivity contribution in [2.24, 2.45) is 5.92 Å². The number of anilines is 1. The number of hydrogen-bond acceptors (Lipinski definition) is 14. The summed E-state index contributed by atoms with van der Waals surface area (Å²) in [6.45, 7) is 0.887. The third-order valence-corrected chi connectivity index (χ3v) is 20.7. The Morgan fingerprint density at radius 1 is 0.804 bits per heavy atom. The maximum absolute atomic E-state index is 16.5. The fraction of sp³-hybridized carbons (Fsp3) is 0.379. The number of ether oxygens (including phenoxy) is 2. The SMILES string of the molecule is O=C(O)CNC(=O)CNC(=O)Cn1nc2c3c(cccc31)-c1cc3c(cnn3[N+]3(C(=O)CC4CN(C(=O)C5CCN(C(=O)C6(Oc7ccccc7-c7nc8cccc(Cl)c8s7)CCN(C(=O)[C@H]7CC(=O)Nc8ccccc87)CC6)CC5)CCO4)CCC2CC3)cc1F. The van der Waals surface area contributed by atoms with E-state index in [0.29, 0.717) is 105 Å². The number of aliphatic carboxylic acids is 1. The number of thiazole rings is 1. The van der Waals surface area contributed by atoms with E-state index in [-0.39, 0.29) is 117 Å². The van der Waals surface area contributed by atoms with Crippen molar-refractivity contribution < 1.29 is 57.3 Å². The minimum absolute atomic E-state index is 0.00874. The molecule has 23 nitrogen and oxygen atoms in total. The Hall–Kier alpha value is -9.17. The molecule has 4 fully saturated rings. The second-order valence-electron chi connectivity index (χ2n) is 24.6. The number of morpholine rings is 1. The molecule has 15 rings (SSSR count). The highest BCUT2D eigenvalue weighted by atomic mass is 35.5. The first kappa shape index (κ1) is 60.4. The van der Waals surface area contributed by atoms with Crippen molar-refractivity contribution in [1.82, 2.24) is 54.6 Å². The fourth-order valence-electron chi connectivity index (χ4n) is 14.4. The smallest absolute Gasteiger partial charge is 0.342 e. The molecule has 0 spiro atoms. The Labute approximate surface area is 534 Å². The van der Waals surface area contributed by atoms with Crippen molar-refractivity contribution in [3.63, 3.8) is 0 Å². The summed E-state index contributed by atoms with van der Waals surface area (Å²) in [7, 11) is 0. The fourth-order valence-corrected chi connectivity index (χ4v) is 15.7. The van der Waals surface area contributed by atoms with Gasteiger partial charge < -0.3 is 45.2 Å². The number of quaternary nitrogens is 1. The highest BCUT2D eigenvalue weighted by Gasteiger charge is 2.51. The number of benzene rings is 5. The molecular formula is C66H65ClFN12O11S+. The van der Waals surface area contributed by atoms with Crippen LogP contribution in [0.2, 0.25) is 5.02 Å². The van der Waals surface area contributed by atoms with Crippen LogP contribution in [0.15, 0.2) is 103 Å². The molecule has 10 heterocycles. The van der Waals surface area contributed by atoms with E-state index in [4.69, 9.17) is 41.4 Å². The average molecular weight is 1290 g/mol. The molecule has 4 N–H and O–H groups in total. The van der Waals surface area contributed by atoms with E-state index in [0.717, 1.165) is 15.8 Å². The lowest BCUT2D eigenvalue weighted by atomic mass is 9.85. The Bertz CT molecular complexity index is 4340. The van der Waals surface area contributed by atoms with E-state index in [2.05, 4.69) is 16.0 Å². The maximum atomic E-state index is 16.5. The molecule has 5 aromatic carbocycles. The number of carboxylic acid groups (broad SMARTS) is 1. The van der Waals surface area contributed by atoms with Gasteiger partial charge in [-0.15, -0.1) is 21.0 Å². The zero-order valence-corrected chi connectivity index (χ0v) is 51.6. The molecule has 4 bridgehead atoms. The van der Waals surface area contributed by atoms with Gasteiger partial charge in [0.2, 0.25) is 29.5 Å². The van der Waals surface area contributed by atoms with Crippen LogP contribution >= 0.6 is 22.9 Å². The Morgan fingerprint density at radius 2 is 1.55 bits per heavy atom. The predicted molar refractivity (Wildman–Crippen MR) is 338 cm³/mol. The normalized spacial score (nSPS) is 21.2.